The minimum Gasteiger partial charge on any atom is -0.508 e. The number of rotatable bonds is 5. The fraction of sp³-hybridized carbons (Fsp3) is 0.323. The molecule has 1 fully saturated rings. The Labute approximate surface area is 222 Å². The summed E-state index contributed by atoms with van der Waals surface area (Å²) < 4.78 is 0. The van der Waals surface area contributed by atoms with Gasteiger partial charge in [0.1, 0.15) is 17.5 Å². The highest BCUT2D eigenvalue weighted by molar-refractivity contribution is 6.10. The molecule has 7 heteroatoms. The van der Waals surface area contributed by atoms with E-state index in [1.54, 1.807) is 24.3 Å². The second-order valence-corrected chi connectivity index (χ2v) is 10.7. The van der Waals surface area contributed by atoms with Gasteiger partial charge in [0.2, 0.25) is 11.8 Å². The van der Waals surface area contributed by atoms with Crippen LogP contribution in [0.4, 0.5) is 11.4 Å². The maximum atomic E-state index is 13.8. The summed E-state index contributed by atoms with van der Waals surface area (Å²) in [6, 6.07) is 17.3. The van der Waals surface area contributed by atoms with Crippen LogP contribution in [-0.4, -0.2) is 33.4 Å². The molecule has 1 saturated carbocycles. The predicted molar refractivity (Wildman–Crippen MR) is 147 cm³/mol. The predicted octanol–water partition coefficient (Wildman–Crippen LogP) is 4.94. The highest BCUT2D eigenvalue weighted by Gasteiger charge is 2.56. The van der Waals surface area contributed by atoms with Crippen molar-refractivity contribution in [3.05, 3.63) is 88.5 Å². The molecule has 38 heavy (non-hydrogen) atoms. The molecule has 7 nitrogen and oxygen atoms in total. The zero-order chi connectivity index (χ0) is 27.8. The van der Waals surface area contributed by atoms with Crippen LogP contribution < -0.4 is 10.6 Å². The van der Waals surface area contributed by atoms with Crippen molar-refractivity contribution in [1.29, 1.82) is 0 Å². The van der Waals surface area contributed by atoms with E-state index >= 15 is 0 Å². The van der Waals surface area contributed by atoms with Gasteiger partial charge in [0.05, 0.1) is 11.5 Å². The third kappa shape index (κ3) is 5.48. The number of ketones is 1. The lowest BCUT2D eigenvalue weighted by Gasteiger charge is -2.44. The van der Waals surface area contributed by atoms with E-state index < -0.39 is 41.0 Å². The van der Waals surface area contributed by atoms with Crippen LogP contribution in [0.15, 0.2) is 60.7 Å². The molecule has 0 aromatic heterocycles. The molecule has 0 radical (unpaired) electrons. The maximum Gasteiger partial charge on any atom is 0.235 e. The van der Waals surface area contributed by atoms with Crippen molar-refractivity contribution in [3.8, 4) is 5.75 Å². The third-order valence-corrected chi connectivity index (χ3v) is 7.37. The van der Waals surface area contributed by atoms with Gasteiger partial charge in [0.25, 0.3) is 0 Å². The SMILES string of the molecule is Cc1ccc(NC(=O)C2C(=O)CC(C)(O)C(C(=O)Nc3ccc(C)cc3C)C2c2cccc(O)c2)c(C)c1. The van der Waals surface area contributed by atoms with Crippen LogP contribution in [-0.2, 0) is 14.4 Å². The standard InChI is InChI=1S/C31H34N2O5/c1-17-9-11-23(19(3)13-17)32-29(36)27-25(35)16-31(5,38)28(26(27)21-7-6-8-22(34)15-21)30(37)33-24-12-10-18(2)14-20(24)4/h6-15,26-28,34,38H,16H2,1-5H3,(H,32,36)(H,33,37). The largest absolute Gasteiger partial charge is 0.508 e. The summed E-state index contributed by atoms with van der Waals surface area (Å²) in [4.78, 5) is 41.0. The molecule has 0 heterocycles. The smallest absolute Gasteiger partial charge is 0.235 e. The fourth-order valence-electron chi connectivity index (χ4n) is 5.55. The number of hydrogen-bond acceptors (Lipinski definition) is 5. The van der Waals surface area contributed by atoms with Crippen molar-refractivity contribution in [2.45, 2.75) is 52.6 Å². The number of carbonyl (C=O) groups is 3. The van der Waals surface area contributed by atoms with Gasteiger partial charge in [-0.05, 0) is 75.6 Å². The van der Waals surface area contributed by atoms with Crippen molar-refractivity contribution in [3.63, 3.8) is 0 Å². The quantitative estimate of drug-likeness (QED) is 0.360. The number of amides is 2. The molecule has 0 spiro atoms. The molecule has 2 amide bonds. The van der Waals surface area contributed by atoms with Crippen LogP contribution in [0.25, 0.3) is 0 Å². The Morgan fingerprint density at radius 3 is 1.92 bits per heavy atom. The van der Waals surface area contributed by atoms with Gasteiger partial charge in [-0.3, -0.25) is 14.4 Å². The summed E-state index contributed by atoms with van der Waals surface area (Å²) in [5.74, 6) is -5.04. The van der Waals surface area contributed by atoms with Crippen molar-refractivity contribution in [1.82, 2.24) is 0 Å². The number of aliphatic hydroxyl groups is 1. The lowest BCUT2D eigenvalue weighted by molar-refractivity contribution is -0.150. The lowest BCUT2D eigenvalue weighted by Crippen LogP contribution is -2.56. The summed E-state index contributed by atoms with van der Waals surface area (Å²) in [6.45, 7) is 9.08. The molecule has 0 bridgehead atoms. The van der Waals surface area contributed by atoms with Crippen molar-refractivity contribution < 1.29 is 24.6 Å². The Morgan fingerprint density at radius 2 is 1.39 bits per heavy atom. The lowest BCUT2D eigenvalue weighted by atomic mass is 9.61. The Balaban J connectivity index is 1.78. The van der Waals surface area contributed by atoms with Crippen LogP contribution in [0.5, 0.6) is 5.75 Å². The average Bonchev–Trinajstić information content (AvgIpc) is 2.81. The second kappa shape index (κ2) is 10.4. The number of aryl methyl sites for hydroxylation is 4. The molecule has 1 aliphatic carbocycles. The first kappa shape index (κ1) is 27.1. The topological polar surface area (TPSA) is 116 Å². The third-order valence-electron chi connectivity index (χ3n) is 7.37. The molecule has 0 saturated heterocycles. The molecule has 3 aromatic rings. The second-order valence-electron chi connectivity index (χ2n) is 10.7. The van der Waals surface area contributed by atoms with Crippen molar-refractivity contribution >= 4 is 29.0 Å². The molecule has 4 N–H and O–H groups in total. The number of phenols is 1. The number of aromatic hydroxyl groups is 1. The van der Waals surface area contributed by atoms with Crippen molar-refractivity contribution in [2.24, 2.45) is 11.8 Å². The van der Waals surface area contributed by atoms with Crippen LogP contribution in [0.2, 0.25) is 0 Å². The highest BCUT2D eigenvalue weighted by atomic mass is 16.3. The van der Waals surface area contributed by atoms with Crippen LogP contribution in [0.1, 0.15) is 47.1 Å². The van der Waals surface area contributed by atoms with Gasteiger partial charge >= 0.3 is 0 Å². The molecule has 4 atom stereocenters. The molecule has 4 unspecified atom stereocenters. The summed E-state index contributed by atoms with van der Waals surface area (Å²) in [5.41, 5.74) is 3.60. The first-order valence-electron chi connectivity index (χ1n) is 12.7. The van der Waals surface area contributed by atoms with Gasteiger partial charge in [0.15, 0.2) is 0 Å². The van der Waals surface area contributed by atoms with Gasteiger partial charge in [-0.15, -0.1) is 0 Å². The van der Waals surface area contributed by atoms with Gasteiger partial charge in [0, 0.05) is 23.7 Å². The number of phenolic OH excluding ortho intramolecular Hbond substituents is 1. The van der Waals surface area contributed by atoms with E-state index in [0.29, 0.717) is 16.9 Å². The minimum absolute atomic E-state index is 0.0674. The zero-order valence-electron chi connectivity index (χ0n) is 22.3. The van der Waals surface area contributed by atoms with Crippen LogP contribution in [0, 0.1) is 39.5 Å². The normalized spacial score (nSPS) is 23.1. The van der Waals surface area contributed by atoms with Crippen LogP contribution in [0.3, 0.4) is 0 Å². The molecular formula is C31H34N2O5. The van der Waals surface area contributed by atoms with E-state index in [9.17, 15) is 24.6 Å². The number of Topliss-reactive ketones (excluding diaryl/α,β-unsaturated/α-hetero) is 1. The number of benzene rings is 3. The van der Waals surface area contributed by atoms with Crippen LogP contribution >= 0.6 is 0 Å². The van der Waals surface area contributed by atoms with Gasteiger partial charge in [-0.1, -0.05) is 47.5 Å². The minimum atomic E-state index is -1.73. The summed E-state index contributed by atoms with van der Waals surface area (Å²) in [6.07, 6.45) is -0.363. The average molecular weight is 515 g/mol. The Hall–Kier alpha value is -3.97. The zero-order valence-corrected chi connectivity index (χ0v) is 22.3. The molecule has 198 valence electrons. The Kier molecular flexibility index (Phi) is 7.42. The van der Waals surface area contributed by atoms with E-state index in [-0.39, 0.29) is 12.2 Å². The molecule has 3 aromatic carbocycles. The molecular weight excluding hydrogens is 480 g/mol. The Bertz CT molecular complexity index is 1410. The Morgan fingerprint density at radius 1 is 0.842 bits per heavy atom. The van der Waals surface area contributed by atoms with Gasteiger partial charge in [-0.2, -0.15) is 0 Å². The summed E-state index contributed by atoms with van der Waals surface area (Å²) in [5, 5.41) is 27.5. The fourth-order valence-corrected chi connectivity index (χ4v) is 5.55. The number of nitrogens with one attached hydrogen (secondary N) is 2. The number of anilines is 2. The van der Waals surface area contributed by atoms with E-state index in [2.05, 4.69) is 10.6 Å². The van der Waals surface area contributed by atoms with E-state index in [0.717, 1.165) is 22.3 Å². The number of carbonyl (C=O) groups excluding carboxylic acids is 3. The first-order valence-corrected chi connectivity index (χ1v) is 12.7. The molecule has 1 aliphatic rings. The van der Waals surface area contributed by atoms with Crippen molar-refractivity contribution in [2.75, 3.05) is 10.6 Å². The number of hydrogen-bond donors (Lipinski definition) is 4. The van der Waals surface area contributed by atoms with Gasteiger partial charge in [-0.25, -0.2) is 0 Å². The van der Waals surface area contributed by atoms with Gasteiger partial charge < -0.3 is 20.8 Å². The summed E-state index contributed by atoms with van der Waals surface area (Å²) in [7, 11) is 0. The molecule has 4 rings (SSSR count). The first-order chi connectivity index (χ1) is 17.9. The van der Waals surface area contributed by atoms with E-state index in [4.69, 9.17) is 0 Å². The molecule has 0 aliphatic heterocycles. The highest BCUT2D eigenvalue weighted by Crippen LogP contribution is 2.47. The van der Waals surface area contributed by atoms with E-state index in [1.165, 1.54) is 19.1 Å². The maximum absolute atomic E-state index is 13.8. The monoisotopic (exact) mass is 514 g/mol. The summed E-state index contributed by atoms with van der Waals surface area (Å²) >= 11 is 0. The van der Waals surface area contributed by atoms with E-state index in [1.807, 2.05) is 52.0 Å².